The Kier molecular flexibility index (Phi) is 3.88. The number of aromatic nitrogens is 2. The predicted molar refractivity (Wildman–Crippen MR) is 70.3 cm³/mol. The molecule has 0 bridgehead atoms. The van der Waals surface area contributed by atoms with Gasteiger partial charge < -0.3 is 10.4 Å². The average molecular weight is 263 g/mol. The SMILES string of the molecule is Cc1ccnc(Nc2nc(CCC(=O)O)cs2)c1. The van der Waals surface area contributed by atoms with Crippen molar-refractivity contribution in [3.8, 4) is 0 Å². The molecule has 0 aliphatic carbocycles. The first-order valence-corrected chi connectivity index (χ1v) is 6.37. The number of rotatable bonds is 5. The zero-order valence-electron chi connectivity index (χ0n) is 9.88. The van der Waals surface area contributed by atoms with Crippen LogP contribution >= 0.6 is 11.3 Å². The number of carboxylic acids is 1. The molecule has 2 aromatic rings. The molecule has 2 N–H and O–H groups in total. The smallest absolute Gasteiger partial charge is 0.303 e. The summed E-state index contributed by atoms with van der Waals surface area (Å²) in [6, 6.07) is 3.85. The van der Waals surface area contributed by atoms with E-state index in [2.05, 4.69) is 15.3 Å². The van der Waals surface area contributed by atoms with Gasteiger partial charge in [0.1, 0.15) is 5.82 Å². The van der Waals surface area contributed by atoms with Crippen molar-refractivity contribution in [2.75, 3.05) is 5.32 Å². The van der Waals surface area contributed by atoms with Crippen molar-refractivity contribution >= 4 is 28.3 Å². The molecule has 0 saturated carbocycles. The predicted octanol–water partition coefficient (Wildman–Crippen LogP) is 2.61. The monoisotopic (exact) mass is 263 g/mol. The largest absolute Gasteiger partial charge is 0.481 e. The number of anilines is 2. The maximum atomic E-state index is 10.5. The Morgan fingerprint density at radius 3 is 3.11 bits per heavy atom. The normalized spacial score (nSPS) is 10.3. The summed E-state index contributed by atoms with van der Waals surface area (Å²) in [7, 11) is 0. The average Bonchev–Trinajstić information content (AvgIpc) is 2.74. The summed E-state index contributed by atoms with van der Waals surface area (Å²) in [5.41, 5.74) is 1.91. The van der Waals surface area contributed by atoms with Gasteiger partial charge in [-0.2, -0.15) is 0 Å². The fourth-order valence-electron chi connectivity index (χ4n) is 1.43. The zero-order valence-corrected chi connectivity index (χ0v) is 10.7. The number of nitrogens with one attached hydrogen (secondary N) is 1. The highest BCUT2D eigenvalue weighted by Gasteiger charge is 2.05. The minimum Gasteiger partial charge on any atom is -0.481 e. The summed E-state index contributed by atoms with van der Waals surface area (Å²) in [4.78, 5) is 18.9. The lowest BCUT2D eigenvalue weighted by Gasteiger charge is -2.01. The number of carboxylic acid groups (broad SMARTS) is 1. The van der Waals surface area contributed by atoms with E-state index in [0.717, 1.165) is 22.2 Å². The van der Waals surface area contributed by atoms with E-state index in [1.807, 2.05) is 24.4 Å². The summed E-state index contributed by atoms with van der Waals surface area (Å²) in [5, 5.41) is 14.3. The topological polar surface area (TPSA) is 75.1 Å². The summed E-state index contributed by atoms with van der Waals surface area (Å²) < 4.78 is 0. The van der Waals surface area contributed by atoms with Crippen LogP contribution in [-0.2, 0) is 11.2 Å². The maximum Gasteiger partial charge on any atom is 0.303 e. The van der Waals surface area contributed by atoms with Crippen LogP contribution in [0, 0.1) is 6.92 Å². The first-order chi connectivity index (χ1) is 8.63. The van der Waals surface area contributed by atoms with Gasteiger partial charge in [-0.1, -0.05) is 0 Å². The lowest BCUT2D eigenvalue weighted by molar-refractivity contribution is -0.136. The van der Waals surface area contributed by atoms with Gasteiger partial charge in [-0.05, 0) is 24.6 Å². The number of aliphatic carboxylic acids is 1. The van der Waals surface area contributed by atoms with Crippen LogP contribution in [0.4, 0.5) is 10.9 Å². The minimum absolute atomic E-state index is 0.103. The van der Waals surface area contributed by atoms with Crippen LogP contribution in [0.15, 0.2) is 23.7 Å². The van der Waals surface area contributed by atoms with Crippen molar-refractivity contribution in [3.63, 3.8) is 0 Å². The van der Waals surface area contributed by atoms with Gasteiger partial charge in [-0.3, -0.25) is 4.79 Å². The van der Waals surface area contributed by atoms with Crippen molar-refractivity contribution in [2.45, 2.75) is 19.8 Å². The van der Waals surface area contributed by atoms with E-state index >= 15 is 0 Å². The molecule has 0 spiro atoms. The minimum atomic E-state index is -0.808. The fourth-order valence-corrected chi connectivity index (χ4v) is 2.18. The highest BCUT2D eigenvalue weighted by Crippen LogP contribution is 2.20. The highest BCUT2D eigenvalue weighted by molar-refractivity contribution is 7.13. The molecular formula is C12H13N3O2S. The summed E-state index contributed by atoms with van der Waals surface area (Å²) in [6.07, 6.45) is 2.29. The molecule has 0 aliphatic heterocycles. The summed E-state index contributed by atoms with van der Waals surface area (Å²) in [6.45, 7) is 1.99. The standard InChI is InChI=1S/C12H13N3O2S/c1-8-4-5-13-10(6-8)15-12-14-9(7-18-12)2-3-11(16)17/h4-7H,2-3H2,1H3,(H,16,17)(H,13,14,15). The van der Waals surface area contributed by atoms with E-state index in [9.17, 15) is 4.79 Å². The molecular weight excluding hydrogens is 250 g/mol. The van der Waals surface area contributed by atoms with Crippen LogP contribution in [0.2, 0.25) is 0 Å². The molecule has 0 amide bonds. The van der Waals surface area contributed by atoms with E-state index in [1.165, 1.54) is 11.3 Å². The van der Waals surface area contributed by atoms with Gasteiger partial charge in [0.05, 0.1) is 12.1 Å². The molecule has 0 saturated heterocycles. The molecule has 0 aliphatic rings. The number of thiazole rings is 1. The summed E-state index contributed by atoms with van der Waals surface area (Å²) in [5.74, 6) is -0.0630. The van der Waals surface area contributed by atoms with Gasteiger partial charge in [0.2, 0.25) is 0 Å². The lowest BCUT2D eigenvalue weighted by atomic mass is 10.2. The Morgan fingerprint density at radius 2 is 2.39 bits per heavy atom. The van der Waals surface area contributed by atoms with Crippen molar-refractivity contribution in [1.29, 1.82) is 0 Å². The van der Waals surface area contributed by atoms with Gasteiger partial charge in [0.15, 0.2) is 5.13 Å². The number of nitrogens with zero attached hydrogens (tertiary/aromatic N) is 2. The fraction of sp³-hybridized carbons (Fsp3) is 0.250. The van der Waals surface area contributed by atoms with Gasteiger partial charge in [-0.25, -0.2) is 9.97 Å². The lowest BCUT2D eigenvalue weighted by Crippen LogP contribution is -1.98. The molecule has 0 fully saturated rings. The first-order valence-electron chi connectivity index (χ1n) is 5.49. The molecule has 2 heterocycles. The number of carbonyl (C=O) groups is 1. The number of aryl methyl sites for hydroxylation is 2. The van der Waals surface area contributed by atoms with Crippen LogP contribution in [0.5, 0.6) is 0 Å². The van der Waals surface area contributed by atoms with Crippen LogP contribution in [0.1, 0.15) is 17.7 Å². The molecule has 94 valence electrons. The van der Waals surface area contributed by atoms with Crippen molar-refractivity contribution in [2.24, 2.45) is 0 Å². The molecule has 0 radical (unpaired) electrons. The molecule has 2 rings (SSSR count). The van der Waals surface area contributed by atoms with Crippen molar-refractivity contribution in [1.82, 2.24) is 9.97 Å². The van der Waals surface area contributed by atoms with E-state index in [-0.39, 0.29) is 6.42 Å². The number of hydrogen-bond donors (Lipinski definition) is 2. The first kappa shape index (κ1) is 12.5. The molecule has 5 nitrogen and oxygen atoms in total. The maximum absolute atomic E-state index is 10.5. The third kappa shape index (κ3) is 3.53. The van der Waals surface area contributed by atoms with Gasteiger partial charge in [0.25, 0.3) is 0 Å². The van der Waals surface area contributed by atoms with Gasteiger partial charge in [-0.15, -0.1) is 11.3 Å². The Bertz CT molecular complexity index is 554. The Hall–Kier alpha value is -1.95. The van der Waals surface area contributed by atoms with E-state index in [1.54, 1.807) is 6.20 Å². The van der Waals surface area contributed by atoms with E-state index in [0.29, 0.717) is 6.42 Å². The summed E-state index contributed by atoms with van der Waals surface area (Å²) >= 11 is 1.45. The second-order valence-corrected chi connectivity index (χ2v) is 4.74. The number of hydrogen-bond acceptors (Lipinski definition) is 5. The molecule has 0 unspecified atom stereocenters. The molecule has 6 heteroatoms. The van der Waals surface area contributed by atoms with Gasteiger partial charge >= 0.3 is 5.97 Å². The third-order valence-corrected chi connectivity index (χ3v) is 3.10. The Morgan fingerprint density at radius 1 is 1.56 bits per heavy atom. The van der Waals surface area contributed by atoms with Crippen molar-refractivity contribution in [3.05, 3.63) is 35.0 Å². The van der Waals surface area contributed by atoms with Crippen molar-refractivity contribution < 1.29 is 9.90 Å². The third-order valence-electron chi connectivity index (χ3n) is 2.30. The molecule has 2 aromatic heterocycles. The van der Waals surface area contributed by atoms with Crippen LogP contribution in [0.3, 0.4) is 0 Å². The number of pyridine rings is 1. The van der Waals surface area contributed by atoms with Crippen LogP contribution < -0.4 is 5.32 Å². The molecule has 18 heavy (non-hydrogen) atoms. The second kappa shape index (κ2) is 5.59. The quantitative estimate of drug-likeness (QED) is 0.867. The van der Waals surface area contributed by atoms with E-state index in [4.69, 9.17) is 5.11 Å². The molecule has 0 aromatic carbocycles. The van der Waals surface area contributed by atoms with Crippen LogP contribution in [0.25, 0.3) is 0 Å². The second-order valence-electron chi connectivity index (χ2n) is 3.88. The van der Waals surface area contributed by atoms with Crippen LogP contribution in [-0.4, -0.2) is 21.0 Å². The Labute approximate surface area is 109 Å². The highest BCUT2D eigenvalue weighted by atomic mass is 32.1. The van der Waals surface area contributed by atoms with E-state index < -0.39 is 5.97 Å². The Balaban J connectivity index is 2.00. The molecule has 0 atom stereocenters. The zero-order chi connectivity index (χ0) is 13.0. The van der Waals surface area contributed by atoms with Gasteiger partial charge in [0, 0.05) is 18.0 Å².